The Balaban J connectivity index is 2.33. The van der Waals surface area contributed by atoms with Gasteiger partial charge in [-0.25, -0.2) is 0 Å². The lowest BCUT2D eigenvalue weighted by atomic mass is 10.0. The smallest absolute Gasteiger partial charge is 0.322 e. The molecule has 0 aromatic carbocycles. The van der Waals surface area contributed by atoms with E-state index in [1.807, 2.05) is 0 Å². The van der Waals surface area contributed by atoms with Crippen molar-refractivity contribution >= 4 is 173 Å². The van der Waals surface area contributed by atoms with Crippen molar-refractivity contribution in [3.05, 3.63) is 0 Å². The number of hydrogen-bond donors (Lipinski definition) is 6. The molecular weight excluding hydrogens is 1790 g/mol. The summed E-state index contributed by atoms with van der Waals surface area (Å²) in [5.74, 6) is 1.29. The van der Waals surface area contributed by atoms with E-state index >= 15 is 0 Å². The lowest BCUT2D eigenvalue weighted by Gasteiger charge is -2.43. The quantitative estimate of drug-likeness (QED) is 0.00966. The normalized spacial score (nSPS) is 15.8. The largest absolute Gasteiger partial charge is 0.466 e. The average molecular weight is 1910 g/mol. The van der Waals surface area contributed by atoms with Gasteiger partial charge in [0.05, 0.1) is 111 Å². The van der Waals surface area contributed by atoms with E-state index in [1.165, 1.54) is 25.6 Å². The van der Waals surface area contributed by atoms with Crippen molar-refractivity contribution in [1.82, 2.24) is 16.0 Å². The number of esters is 12. The van der Waals surface area contributed by atoms with Crippen molar-refractivity contribution in [2.45, 2.75) is 214 Å². The van der Waals surface area contributed by atoms with Gasteiger partial charge in [-0.05, 0) is 76.2 Å². The molecule has 43 nitrogen and oxygen atoms in total. The van der Waals surface area contributed by atoms with Crippen LogP contribution in [0, 0.1) is 0 Å². The van der Waals surface area contributed by atoms with E-state index in [0.29, 0.717) is 19.3 Å². The predicted octanol–water partition coefficient (Wildman–Crippen LogP) is 2.18. The third-order valence-electron chi connectivity index (χ3n) is 15.9. The number of nitrogens with two attached hydrogens (primary N) is 3. The number of halogens is 3. The maximum Gasteiger partial charge on any atom is 0.322 e. The number of carbonyl (C=O) groups excluding carboxylic acids is 15. The van der Waals surface area contributed by atoms with Gasteiger partial charge in [0.15, 0.2) is 11.6 Å². The summed E-state index contributed by atoms with van der Waals surface area (Å²) in [6.07, 6.45) is -2.26. The van der Waals surface area contributed by atoms with E-state index in [9.17, 15) is 71.9 Å². The lowest BCUT2D eigenvalue weighted by Crippen LogP contribution is -2.63. The zero-order chi connectivity index (χ0) is 90.2. The van der Waals surface area contributed by atoms with Gasteiger partial charge in [-0.15, -0.1) is 0 Å². The summed E-state index contributed by atoms with van der Waals surface area (Å²) in [6.45, 7) is 11.8. The number of rotatable bonds is 56. The first-order chi connectivity index (χ1) is 56.2. The van der Waals surface area contributed by atoms with Crippen molar-refractivity contribution in [3.63, 3.8) is 0 Å². The highest BCUT2D eigenvalue weighted by Gasteiger charge is 2.45. The lowest BCUT2D eigenvalue weighted by molar-refractivity contribution is -0.275. The summed E-state index contributed by atoms with van der Waals surface area (Å²) >= 11 is 9.65. The fraction of sp³-hybridized carbons (Fsp3) is 0.716. The number of nitrogens with one attached hydrogen (secondary N) is 3. The van der Waals surface area contributed by atoms with E-state index in [1.54, 1.807) is 69.2 Å². The van der Waals surface area contributed by atoms with Crippen LogP contribution in [0.1, 0.15) is 172 Å². The number of hydrogen-bond acceptors (Lipinski definition) is 40. The number of ether oxygens (including phenoxy) is 16. The van der Waals surface area contributed by atoms with Crippen molar-refractivity contribution < 1.29 is 148 Å². The number of aliphatic imine (C=N–C) groups is 3. The van der Waals surface area contributed by atoms with E-state index in [0.717, 1.165) is 0 Å². The summed E-state index contributed by atoms with van der Waals surface area (Å²) in [5.41, 5.74) is -5.23. The standard InChI is InChI=1S/C74H113Br3N12O31/c1-12-105-55(93)22-23-59(97)112-40-72(84-52(90)16-19-56(94)109-37-49(87-78)34-81-28-13-31-106-64(102)67(2,3)75,41-113-60(98)24-26-62(100)115-43-73(45-117-70(8,9)118-46-73)85-53(91)17-20-57(95)110-38-50(88-79)35-82-29-14-32-107-65(103)68(4,5)76)42-114-61(99)25-27-63(101)116-44-74(47-119-71(10,11)120-48-74)86-54(92)18-21-58(96)111-39-51(89-80)36-83-30-15-33-108-66(104)69(6,7)77/h34-36H,12-33,37-48,78-80H2,1-11H3,(H,84,90)(H,85,91)(H,86,92)/b81-34?,82-35?,83-36?,87-49+,88-50+,89-51+. The Morgan fingerprint density at radius 1 is 0.367 bits per heavy atom. The van der Waals surface area contributed by atoms with E-state index in [-0.39, 0.29) is 89.6 Å². The van der Waals surface area contributed by atoms with Gasteiger partial charge < -0.3 is 109 Å². The van der Waals surface area contributed by atoms with Crippen LogP contribution in [0.15, 0.2) is 30.3 Å². The van der Waals surface area contributed by atoms with Gasteiger partial charge in [0.25, 0.3) is 0 Å². The third-order valence-corrected chi connectivity index (χ3v) is 16.9. The summed E-state index contributed by atoms with van der Waals surface area (Å²) < 4.78 is 84.4. The molecule has 0 atom stereocenters. The minimum atomic E-state index is -2.29. The molecule has 0 bridgehead atoms. The molecule has 2 fully saturated rings. The molecular formula is C74H113Br3N12O31. The summed E-state index contributed by atoms with van der Waals surface area (Å²) in [7, 11) is 0. The van der Waals surface area contributed by atoms with Crippen LogP contribution in [0.4, 0.5) is 0 Å². The van der Waals surface area contributed by atoms with Crippen LogP contribution < -0.4 is 33.5 Å². The molecule has 0 unspecified atom stereocenters. The van der Waals surface area contributed by atoms with Crippen LogP contribution in [-0.4, -0.2) is 292 Å². The second-order valence-electron chi connectivity index (χ2n) is 29.4. The third kappa shape index (κ3) is 47.7. The highest BCUT2D eigenvalue weighted by atomic mass is 79.9. The highest BCUT2D eigenvalue weighted by Crippen LogP contribution is 2.27. The van der Waals surface area contributed by atoms with E-state index in [2.05, 4.69) is 94.0 Å². The molecule has 0 aromatic heterocycles. The molecule has 0 spiro atoms. The van der Waals surface area contributed by atoms with Gasteiger partial charge in [0, 0.05) is 76.8 Å². The molecule has 9 N–H and O–H groups in total. The SMILES string of the molecule is CCOC(=O)CCC(=O)OCC(COC(=O)CCC(=O)OCC1(NC(=O)CCC(=O)OC/C(C=NCCCOC(=O)C(C)(C)Br)=N/N)COC(C)(C)OC1)(COC(=O)CCC(=O)OCC1(NC(=O)CCC(=O)OC/C(C=NCCCOC(=O)C(C)(C)Br)=N/N)COC(C)(C)OC1)NC(=O)CCC(=O)OC/C(C=NCCCOC(=O)C(C)(C)Br)=N/N. The minimum absolute atomic E-state index is 0.0137. The van der Waals surface area contributed by atoms with Crippen LogP contribution >= 0.6 is 47.8 Å². The van der Waals surface area contributed by atoms with Crippen molar-refractivity contribution in [1.29, 1.82) is 0 Å². The number of amides is 3. The van der Waals surface area contributed by atoms with Crippen molar-refractivity contribution in [2.24, 2.45) is 47.8 Å². The molecule has 120 heavy (non-hydrogen) atoms. The monoisotopic (exact) mass is 1900 g/mol. The van der Waals surface area contributed by atoms with Gasteiger partial charge >= 0.3 is 71.6 Å². The Hall–Kier alpha value is -9.25. The Kier molecular flexibility index (Phi) is 48.2. The topological polar surface area (TPSA) is 592 Å². The van der Waals surface area contributed by atoms with Gasteiger partial charge in [-0.3, -0.25) is 86.9 Å². The Labute approximate surface area is 719 Å². The van der Waals surface area contributed by atoms with E-state index < -0.39 is 260 Å². The number of hydrazone groups is 3. The van der Waals surface area contributed by atoms with E-state index in [4.69, 9.17) is 93.3 Å². The summed E-state index contributed by atoms with van der Waals surface area (Å²) in [5, 5.41) is 18.5. The van der Waals surface area contributed by atoms with Crippen LogP contribution in [0.25, 0.3) is 0 Å². The van der Waals surface area contributed by atoms with Gasteiger partial charge in [-0.1, -0.05) is 47.8 Å². The highest BCUT2D eigenvalue weighted by molar-refractivity contribution is 9.10. The second kappa shape index (κ2) is 54.2. The Bertz CT molecular complexity index is 3460. The zero-order valence-electron chi connectivity index (χ0n) is 69.5. The zero-order valence-corrected chi connectivity index (χ0v) is 74.2. The first-order valence-corrected chi connectivity index (χ1v) is 40.4. The summed E-state index contributed by atoms with van der Waals surface area (Å²) in [6, 6.07) is 0. The molecule has 2 rings (SSSR count). The van der Waals surface area contributed by atoms with Gasteiger partial charge in [-0.2, -0.15) is 15.3 Å². The number of alkyl halides is 3. The predicted molar refractivity (Wildman–Crippen MR) is 435 cm³/mol. The molecule has 0 saturated carbocycles. The number of carbonyl (C=O) groups is 15. The van der Waals surface area contributed by atoms with Crippen LogP contribution in [0.5, 0.6) is 0 Å². The molecule has 0 aliphatic carbocycles. The molecule has 2 heterocycles. The summed E-state index contributed by atoms with van der Waals surface area (Å²) in [4.78, 5) is 208. The van der Waals surface area contributed by atoms with Crippen molar-refractivity contribution in [3.8, 4) is 0 Å². The maximum absolute atomic E-state index is 14.0. The maximum atomic E-state index is 14.0. The average Bonchev–Trinajstić information content (AvgIpc) is 0.814. The first kappa shape index (κ1) is 107. The molecule has 676 valence electrons. The molecule has 2 saturated heterocycles. The Morgan fingerprint density at radius 2 is 0.617 bits per heavy atom. The second-order valence-corrected chi connectivity index (χ2v) is 35.3. The molecule has 0 aromatic rings. The van der Waals surface area contributed by atoms with Gasteiger partial charge in [0.2, 0.25) is 17.7 Å². The van der Waals surface area contributed by atoms with Crippen LogP contribution in [0.2, 0.25) is 0 Å². The minimum Gasteiger partial charge on any atom is -0.466 e. The van der Waals surface area contributed by atoms with Crippen molar-refractivity contribution in [2.75, 3.05) is 125 Å². The fourth-order valence-corrected chi connectivity index (χ4v) is 9.39. The molecule has 2 aliphatic rings. The fourth-order valence-electron chi connectivity index (χ4n) is 9.04. The molecule has 3 amide bonds. The first-order valence-electron chi connectivity index (χ1n) is 38.0. The molecule has 46 heteroatoms. The van der Waals surface area contributed by atoms with Crippen LogP contribution in [0.3, 0.4) is 0 Å². The molecule has 0 radical (unpaired) electrons. The van der Waals surface area contributed by atoms with Crippen LogP contribution in [-0.2, 0) is 148 Å². The molecule has 2 aliphatic heterocycles. The Morgan fingerprint density at radius 3 is 0.883 bits per heavy atom. The van der Waals surface area contributed by atoms with Gasteiger partial charge in [0.1, 0.15) is 99.6 Å². The number of nitrogens with zero attached hydrogens (tertiary/aromatic N) is 6.